The summed E-state index contributed by atoms with van der Waals surface area (Å²) in [6.07, 6.45) is 52.1. The normalized spacial score (nSPS) is 13.6. The molecule has 1 amide bonds. The Morgan fingerprint density at radius 3 is 1.44 bits per heavy atom. The number of esters is 1. The summed E-state index contributed by atoms with van der Waals surface area (Å²) in [5.41, 5.74) is 0. The Morgan fingerprint density at radius 2 is 0.930 bits per heavy atom. The Labute approximate surface area is 353 Å². The van der Waals surface area contributed by atoms with Crippen molar-refractivity contribution in [2.24, 2.45) is 0 Å². The van der Waals surface area contributed by atoms with Gasteiger partial charge in [0.05, 0.1) is 25.2 Å². The molecule has 6 nitrogen and oxygen atoms in total. The van der Waals surface area contributed by atoms with Crippen LogP contribution in [-0.2, 0) is 14.3 Å². The number of rotatable bonds is 44. The summed E-state index contributed by atoms with van der Waals surface area (Å²) in [7, 11) is 0. The lowest BCUT2D eigenvalue weighted by molar-refractivity contribution is -0.151. The number of hydrogen-bond donors (Lipinski definition) is 3. The topological polar surface area (TPSA) is 95.9 Å². The van der Waals surface area contributed by atoms with Crippen molar-refractivity contribution < 1.29 is 24.5 Å². The third kappa shape index (κ3) is 40.6. The molecule has 0 aromatic carbocycles. The Balaban J connectivity index is 4.64. The standard InChI is InChI=1S/C51H95NO5/c1-4-7-10-13-16-19-22-24-26-28-30-33-36-39-42-47(57-51(56)44-41-38-35-32-27-21-18-15-12-9-6-3)45-50(55)52-48(46-53)49(54)43-40-37-34-31-29-25-23-20-17-14-11-8-5-2/h15,18,26,28,30,33,47-49,53-54H,4-14,16-17,19-25,27,29,31-32,34-46H2,1-3H3,(H,52,55)/b18-15-,28-26+,33-30+. The first-order chi connectivity index (χ1) is 28.0. The van der Waals surface area contributed by atoms with Gasteiger partial charge in [0.2, 0.25) is 5.91 Å². The minimum Gasteiger partial charge on any atom is -0.462 e. The van der Waals surface area contributed by atoms with Crippen LogP contribution in [-0.4, -0.2) is 46.9 Å². The van der Waals surface area contributed by atoms with Gasteiger partial charge in [-0.25, -0.2) is 0 Å². The number of amides is 1. The molecule has 0 aliphatic rings. The monoisotopic (exact) mass is 802 g/mol. The number of hydrogen-bond acceptors (Lipinski definition) is 5. The number of carbonyl (C=O) groups is 2. The molecule has 6 heteroatoms. The van der Waals surface area contributed by atoms with Crippen molar-refractivity contribution in [3.8, 4) is 0 Å². The molecule has 0 radical (unpaired) electrons. The van der Waals surface area contributed by atoms with Crippen molar-refractivity contribution in [1.29, 1.82) is 0 Å². The molecule has 0 saturated carbocycles. The molecule has 0 spiro atoms. The second kappa shape index (κ2) is 45.2. The molecule has 0 aromatic heterocycles. The number of nitrogens with one attached hydrogen (secondary N) is 1. The molecule has 0 aliphatic carbocycles. The Kier molecular flexibility index (Phi) is 43.6. The fraction of sp³-hybridized carbons (Fsp3) is 0.843. The molecule has 0 heterocycles. The zero-order chi connectivity index (χ0) is 41.7. The minimum atomic E-state index is -0.797. The quantitative estimate of drug-likeness (QED) is 0.0247. The van der Waals surface area contributed by atoms with Crippen molar-refractivity contribution >= 4 is 11.9 Å². The summed E-state index contributed by atoms with van der Waals surface area (Å²) >= 11 is 0. The summed E-state index contributed by atoms with van der Waals surface area (Å²) in [6, 6.07) is -0.714. The van der Waals surface area contributed by atoms with Crippen LogP contribution < -0.4 is 5.32 Å². The number of aliphatic hydroxyl groups is 2. The van der Waals surface area contributed by atoms with Crippen LogP contribution in [0.5, 0.6) is 0 Å². The lowest BCUT2D eigenvalue weighted by Gasteiger charge is -2.24. The summed E-state index contributed by atoms with van der Waals surface area (Å²) in [4.78, 5) is 26.0. The van der Waals surface area contributed by atoms with E-state index in [0.29, 0.717) is 19.3 Å². The van der Waals surface area contributed by atoms with Gasteiger partial charge in [-0.1, -0.05) is 211 Å². The molecule has 3 atom stereocenters. The number of ether oxygens (including phenoxy) is 1. The maximum atomic E-state index is 13.2. The van der Waals surface area contributed by atoms with E-state index in [4.69, 9.17) is 4.74 Å². The van der Waals surface area contributed by atoms with Gasteiger partial charge >= 0.3 is 5.97 Å². The van der Waals surface area contributed by atoms with Gasteiger partial charge in [0.15, 0.2) is 0 Å². The van der Waals surface area contributed by atoms with Gasteiger partial charge in [0.25, 0.3) is 0 Å². The minimum absolute atomic E-state index is 0.0432. The predicted octanol–water partition coefficient (Wildman–Crippen LogP) is 14.5. The molecule has 57 heavy (non-hydrogen) atoms. The Hall–Kier alpha value is -1.92. The molecular weight excluding hydrogens is 707 g/mol. The van der Waals surface area contributed by atoms with Crippen LogP contribution in [0.15, 0.2) is 36.5 Å². The third-order valence-corrected chi connectivity index (χ3v) is 11.2. The van der Waals surface area contributed by atoms with Crippen molar-refractivity contribution in [2.75, 3.05) is 6.61 Å². The maximum absolute atomic E-state index is 13.2. The van der Waals surface area contributed by atoms with E-state index in [-0.39, 0.29) is 24.9 Å². The van der Waals surface area contributed by atoms with Crippen LogP contribution in [0.25, 0.3) is 0 Å². The molecule has 0 fully saturated rings. The van der Waals surface area contributed by atoms with Crippen LogP contribution in [0.2, 0.25) is 0 Å². The summed E-state index contributed by atoms with van der Waals surface area (Å²) < 4.78 is 5.88. The smallest absolute Gasteiger partial charge is 0.306 e. The van der Waals surface area contributed by atoms with Gasteiger partial charge in [0, 0.05) is 6.42 Å². The fourth-order valence-electron chi connectivity index (χ4n) is 7.41. The second-order valence-electron chi connectivity index (χ2n) is 16.9. The van der Waals surface area contributed by atoms with E-state index in [0.717, 1.165) is 64.2 Å². The van der Waals surface area contributed by atoms with E-state index in [1.807, 2.05) is 0 Å². The highest BCUT2D eigenvalue weighted by atomic mass is 16.5. The lowest BCUT2D eigenvalue weighted by atomic mass is 10.0. The first-order valence-corrected chi connectivity index (χ1v) is 24.7. The maximum Gasteiger partial charge on any atom is 0.306 e. The van der Waals surface area contributed by atoms with Crippen LogP contribution in [0.1, 0.15) is 252 Å². The highest BCUT2D eigenvalue weighted by Crippen LogP contribution is 2.17. The van der Waals surface area contributed by atoms with Crippen molar-refractivity contribution in [2.45, 2.75) is 270 Å². The van der Waals surface area contributed by atoms with E-state index in [1.165, 1.54) is 141 Å². The fourth-order valence-corrected chi connectivity index (χ4v) is 7.41. The largest absolute Gasteiger partial charge is 0.462 e. The zero-order valence-corrected chi connectivity index (χ0v) is 38.0. The highest BCUT2D eigenvalue weighted by Gasteiger charge is 2.24. The van der Waals surface area contributed by atoms with Gasteiger partial charge in [-0.3, -0.25) is 9.59 Å². The van der Waals surface area contributed by atoms with Gasteiger partial charge in [-0.15, -0.1) is 0 Å². The van der Waals surface area contributed by atoms with E-state index in [9.17, 15) is 19.8 Å². The third-order valence-electron chi connectivity index (χ3n) is 11.2. The van der Waals surface area contributed by atoms with Crippen LogP contribution in [0, 0.1) is 0 Å². The molecular formula is C51H95NO5. The summed E-state index contributed by atoms with van der Waals surface area (Å²) in [5.74, 6) is -0.527. The Bertz CT molecular complexity index is 946. The van der Waals surface area contributed by atoms with Crippen molar-refractivity contribution in [3.05, 3.63) is 36.5 Å². The number of aliphatic hydroxyl groups excluding tert-OH is 2. The first-order valence-electron chi connectivity index (χ1n) is 24.7. The Morgan fingerprint density at radius 1 is 0.509 bits per heavy atom. The molecule has 0 aliphatic heterocycles. The zero-order valence-electron chi connectivity index (χ0n) is 38.0. The molecule has 0 rings (SSSR count). The van der Waals surface area contributed by atoms with E-state index in [2.05, 4.69) is 62.5 Å². The highest BCUT2D eigenvalue weighted by molar-refractivity contribution is 5.77. The van der Waals surface area contributed by atoms with Crippen LogP contribution in [0.4, 0.5) is 0 Å². The van der Waals surface area contributed by atoms with E-state index >= 15 is 0 Å². The molecule has 3 N–H and O–H groups in total. The SMILES string of the molecule is CCCC/C=C\CCCCCCCC(=O)OC(CCC/C=C/C=C/CCCCCCCCC)CC(=O)NC(CO)C(O)CCCCCCCCCCCCCCC. The summed E-state index contributed by atoms with van der Waals surface area (Å²) in [5, 5.41) is 23.7. The van der Waals surface area contributed by atoms with Gasteiger partial charge in [-0.05, 0) is 64.2 Å². The number of carbonyl (C=O) groups excluding carboxylic acids is 2. The van der Waals surface area contributed by atoms with Crippen LogP contribution >= 0.6 is 0 Å². The van der Waals surface area contributed by atoms with E-state index < -0.39 is 18.2 Å². The van der Waals surface area contributed by atoms with Gasteiger partial charge in [-0.2, -0.15) is 0 Å². The average molecular weight is 802 g/mol. The number of unbranched alkanes of at least 4 members (excludes halogenated alkanes) is 27. The van der Waals surface area contributed by atoms with Crippen molar-refractivity contribution in [3.63, 3.8) is 0 Å². The molecule has 0 saturated heterocycles. The molecule has 3 unspecified atom stereocenters. The second-order valence-corrected chi connectivity index (χ2v) is 16.9. The molecule has 0 aromatic rings. The predicted molar refractivity (Wildman–Crippen MR) is 246 cm³/mol. The molecule has 334 valence electrons. The number of allylic oxidation sites excluding steroid dienone is 6. The van der Waals surface area contributed by atoms with Gasteiger partial charge < -0.3 is 20.3 Å². The van der Waals surface area contributed by atoms with Crippen molar-refractivity contribution in [1.82, 2.24) is 5.32 Å². The van der Waals surface area contributed by atoms with Crippen LogP contribution in [0.3, 0.4) is 0 Å². The first kappa shape index (κ1) is 55.1. The average Bonchev–Trinajstić information content (AvgIpc) is 3.20. The lowest BCUT2D eigenvalue weighted by Crippen LogP contribution is -2.46. The van der Waals surface area contributed by atoms with Gasteiger partial charge in [0.1, 0.15) is 6.10 Å². The molecule has 0 bridgehead atoms. The summed E-state index contributed by atoms with van der Waals surface area (Å²) in [6.45, 7) is 6.42. The van der Waals surface area contributed by atoms with E-state index in [1.54, 1.807) is 0 Å².